The topological polar surface area (TPSA) is 66.4 Å². The highest BCUT2D eigenvalue weighted by molar-refractivity contribution is 6.69. The van der Waals surface area contributed by atoms with Crippen LogP contribution in [0.1, 0.15) is 229 Å². The molecule has 0 radical (unpaired) electrons. The van der Waals surface area contributed by atoms with Gasteiger partial charge in [0.2, 0.25) is 0 Å². The first-order valence-electron chi connectivity index (χ1n) is 30.1. The van der Waals surface area contributed by atoms with Crippen molar-refractivity contribution in [1.29, 1.82) is 0 Å². The van der Waals surface area contributed by atoms with Gasteiger partial charge in [-0.3, -0.25) is 0 Å². The van der Waals surface area contributed by atoms with Crippen LogP contribution in [0.15, 0.2) is 72.8 Å². The zero-order valence-corrected chi connectivity index (χ0v) is 53.0. The second-order valence-electron chi connectivity index (χ2n) is 26.8. The highest BCUT2D eigenvalue weighted by atomic mass is 28.4. The van der Waals surface area contributed by atoms with Crippen molar-refractivity contribution in [3.8, 4) is 23.7 Å². The van der Waals surface area contributed by atoms with Gasteiger partial charge < -0.3 is 28.1 Å². The monoisotopic (exact) mass is 1070 g/mol. The molecular weight excluding hydrogens is 974 g/mol. The van der Waals surface area contributed by atoms with E-state index in [0.29, 0.717) is 0 Å². The van der Waals surface area contributed by atoms with E-state index < -0.39 is 13.9 Å². The van der Waals surface area contributed by atoms with Gasteiger partial charge in [0.05, 0.1) is 22.4 Å². The van der Waals surface area contributed by atoms with Crippen LogP contribution in [-0.4, -0.2) is 61.3 Å². The van der Waals surface area contributed by atoms with Crippen LogP contribution in [0.2, 0.25) is 19.6 Å². The minimum Gasteiger partial charge on any atom is -0.402 e. The molecular formula is C69H98B2O6Si. The summed E-state index contributed by atoms with van der Waals surface area (Å²) in [5, 5.41) is 10.8. The Balaban J connectivity index is 0.000000227. The Morgan fingerprint density at radius 1 is 0.474 bits per heavy atom. The molecule has 0 amide bonds. The molecule has 78 heavy (non-hydrogen) atoms. The van der Waals surface area contributed by atoms with Gasteiger partial charge in [-0.1, -0.05) is 136 Å². The molecule has 2 aliphatic carbocycles. The summed E-state index contributed by atoms with van der Waals surface area (Å²) in [6.07, 6.45) is 14.8. The Labute approximate surface area is 476 Å². The summed E-state index contributed by atoms with van der Waals surface area (Å²) < 4.78 is 32.2. The van der Waals surface area contributed by atoms with Crippen molar-refractivity contribution in [1.82, 2.24) is 0 Å². The number of benzene rings is 4. The Bertz CT molecular complexity index is 2850. The van der Waals surface area contributed by atoms with Crippen LogP contribution in [0.3, 0.4) is 0 Å². The molecule has 0 atom stereocenters. The summed E-state index contributed by atoms with van der Waals surface area (Å²) in [6, 6.07) is 27.3. The first-order valence-corrected chi connectivity index (χ1v) is 33.5. The van der Waals surface area contributed by atoms with E-state index in [1.807, 2.05) is 0 Å². The summed E-state index contributed by atoms with van der Waals surface area (Å²) in [4.78, 5) is 0. The molecule has 0 aromatic heterocycles. The van der Waals surface area contributed by atoms with E-state index in [4.69, 9.17) is 23.0 Å². The quantitative estimate of drug-likeness (QED) is 0.113. The number of aliphatic hydroxyl groups is 1. The molecule has 9 heteroatoms. The van der Waals surface area contributed by atoms with Crippen molar-refractivity contribution in [2.24, 2.45) is 0 Å². The van der Waals surface area contributed by atoms with Gasteiger partial charge in [0.15, 0.2) is 8.32 Å². The molecule has 8 rings (SSSR count). The third-order valence-electron chi connectivity index (χ3n) is 19.3. The van der Waals surface area contributed by atoms with Crippen molar-refractivity contribution in [2.45, 2.75) is 265 Å². The summed E-state index contributed by atoms with van der Waals surface area (Å²) in [5.74, 6) is 13.8. The van der Waals surface area contributed by atoms with E-state index in [2.05, 4.69) is 227 Å². The predicted octanol–water partition coefficient (Wildman–Crippen LogP) is 15.4. The van der Waals surface area contributed by atoms with Gasteiger partial charge in [0, 0.05) is 22.0 Å². The van der Waals surface area contributed by atoms with Gasteiger partial charge in [-0.25, -0.2) is 0 Å². The maximum Gasteiger partial charge on any atom is 0.495 e. The lowest BCUT2D eigenvalue weighted by atomic mass is 9.68. The highest BCUT2D eigenvalue weighted by Gasteiger charge is 2.53. The minimum atomic E-state index is -1.70. The van der Waals surface area contributed by atoms with Gasteiger partial charge in [-0.2, -0.15) is 0 Å². The third kappa shape index (κ3) is 12.9. The third-order valence-corrected chi connectivity index (χ3v) is 20.3. The maximum absolute atomic E-state index is 10.8. The Hall–Kier alpha value is -3.89. The summed E-state index contributed by atoms with van der Waals surface area (Å²) in [6.45, 7) is 41.6. The van der Waals surface area contributed by atoms with Crippen LogP contribution >= 0.6 is 0 Å². The van der Waals surface area contributed by atoms with E-state index >= 15 is 0 Å². The van der Waals surface area contributed by atoms with Crippen LogP contribution in [0, 0.1) is 51.4 Å². The van der Waals surface area contributed by atoms with Crippen LogP contribution in [0.4, 0.5) is 0 Å². The summed E-state index contributed by atoms with van der Waals surface area (Å²) >= 11 is 0. The van der Waals surface area contributed by atoms with E-state index in [9.17, 15) is 5.11 Å². The van der Waals surface area contributed by atoms with Gasteiger partial charge in [-0.05, 0) is 236 Å². The van der Waals surface area contributed by atoms with Crippen LogP contribution in [-0.2, 0) is 33.9 Å². The van der Waals surface area contributed by atoms with Crippen molar-refractivity contribution >= 4 is 33.5 Å². The maximum atomic E-state index is 10.8. The van der Waals surface area contributed by atoms with Gasteiger partial charge in [-0.15, -0.1) is 0 Å². The van der Waals surface area contributed by atoms with Crippen molar-refractivity contribution in [3.05, 3.63) is 128 Å². The average molecular weight is 1070 g/mol. The lowest BCUT2D eigenvalue weighted by molar-refractivity contribution is 0.00578. The lowest BCUT2D eigenvalue weighted by Gasteiger charge is -2.38. The second kappa shape index (κ2) is 23.5. The molecule has 0 unspecified atom stereocenters. The average Bonchev–Trinajstić information content (AvgIpc) is 3.79. The molecule has 0 bridgehead atoms. The molecule has 6 nitrogen and oxygen atoms in total. The molecule has 2 aliphatic heterocycles. The SMILES string of the molecule is CCC(CC)(c1ccc(C#CC2(O)CCCCC2)c(C)c1)c1ccc(B2OC(C)(C)C(C)(C)O2)c(C)c1.CCC(CC)(c1ccc(C#CC2(O[Si](C)(C)C)CCCCC2)c(C)c1)c1ccc(B2OC(C)(C)C(C)(C)O2)c(C)c1. The molecule has 4 aromatic rings. The number of hydrogen-bond donors (Lipinski definition) is 1. The standard InChI is InChI=1S/C36H53BO3Si.C33H45BO3/c1-12-36(13-2,31-19-20-32(28(4)26-31)37-38-33(5,6)34(7,8)39-37)30-18-17-29(27(3)25-30)21-24-35(40-41(9,10)11)22-15-14-16-23-35;1-9-33(10-2,27-15-14-26(24(3)22-27)18-21-32(35)19-12-11-13-20-32)28-16-17-29(25(4)23-28)34-36-30(5,6)31(7,8)37-34/h17-20,25-26H,12-16,22-23H2,1-11H3;14-17,22-23,35H,9-13,19-20H2,1-8H3. The molecule has 4 aliphatic rings. The Kier molecular flexibility index (Phi) is 18.6. The second-order valence-corrected chi connectivity index (χ2v) is 31.2. The molecule has 4 fully saturated rings. The smallest absolute Gasteiger partial charge is 0.402 e. The zero-order valence-electron chi connectivity index (χ0n) is 52.0. The molecule has 2 saturated heterocycles. The largest absolute Gasteiger partial charge is 0.495 e. The number of rotatable bonds is 12. The highest BCUT2D eigenvalue weighted by Crippen LogP contribution is 2.44. The molecule has 4 aromatic carbocycles. The van der Waals surface area contributed by atoms with Gasteiger partial charge in [0.25, 0.3) is 0 Å². The van der Waals surface area contributed by atoms with E-state index in [0.717, 1.165) is 86.3 Å². The Morgan fingerprint density at radius 3 is 1.12 bits per heavy atom. The van der Waals surface area contributed by atoms with Crippen molar-refractivity contribution in [2.75, 3.05) is 0 Å². The van der Waals surface area contributed by atoms with Crippen molar-refractivity contribution in [3.63, 3.8) is 0 Å². The molecule has 1 N–H and O–H groups in total. The van der Waals surface area contributed by atoms with Crippen LogP contribution < -0.4 is 10.9 Å². The van der Waals surface area contributed by atoms with Crippen LogP contribution in [0.5, 0.6) is 0 Å². The molecule has 0 spiro atoms. The summed E-state index contributed by atoms with van der Waals surface area (Å²) in [7, 11) is -2.39. The van der Waals surface area contributed by atoms with E-state index in [1.165, 1.54) is 70.2 Å². The molecule has 2 heterocycles. The zero-order chi connectivity index (χ0) is 57.3. The van der Waals surface area contributed by atoms with E-state index in [1.54, 1.807) is 0 Å². The van der Waals surface area contributed by atoms with E-state index in [-0.39, 0.29) is 53.1 Å². The lowest BCUT2D eigenvalue weighted by Crippen LogP contribution is -2.43. The normalized spacial score (nSPS) is 20.2. The predicted molar refractivity (Wildman–Crippen MR) is 331 cm³/mol. The van der Waals surface area contributed by atoms with Gasteiger partial charge in [0.1, 0.15) is 11.2 Å². The molecule has 420 valence electrons. The Morgan fingerprint density at radius 2 is 0.795 bits per heavy atom. The van der Waals surface area contributed by atoms with Crippen molar-refractivity contribution < 1.29 is 28.1 Å². The van der Waals surface area contributed by atoms with Crippen LogP contribution in [0.25, 0.3) is 0 Å². The fraction of sp³-hybridized carbons (Fsp3) is 0.594. The van der Waals surface area contributed by atoms with Gasteiger partial charge >= 0.3 is 14.2 Å². The first kappa shape index (κ1) is 61.7. The fourth-order valence-electron chi connectivity index (χ4n) is 12.7. The molecule has 2 saturated carbocycles. The number of aryl methyl sites for hydroxylation is 4. The summed E-state index contributed by atoms with van der Waals surface area (Å²) in [5.41, 5.74) is 11.9. The first-order chi connectivity index (χ1) is 36.4. The fourth-order valence-corrected chi connectivity index (χ4v) is 14.1. The minimum absolute atomic E-state index is 0.0680. The number of hydrogen-bond acceptors (Lipinski definition) is 6.